The van der Waals surface area contributed by atoms with Crippen molar-refractivity contribution in [1.82, 2.24) is 0 Å². The molecule has 0 heterocycles. The van der Waals surface area contributed by atoms with E-state index in [2.05, 4.69) is 19.1 Å². The van der Waals surface area contributed by atoms with Gasteiger partial charge in [-0.15, -0.1) is 0 Å². The summed E-state index contributed by atoms with van der Waals surface area (Å²) in [5.41, 5.74) is 3.29. The van der Waals surface area contributed by atoms with Crippen molar-refractivity contribution in [2.24, 2.45) is 5.92 Å². The number of aryl methyl sites for hydroxylation is 1. The molecule has 1 saturated carbocycles. The van der Waals surface area contributed by atoms with Gasteiger partial charge in [-0.3, -0.25) is 4.79 Å². The number of rotatable bonds is 3. The number of carbonyl (C=O) groups is 1. The molecule has 0 aromatic heterocycles. The molecule has 2 aromatic rings. The molecular formula is C20H20O2. The minimum atomic E-state index is -0.598. The molecule has 0 bridgehead atoms. The van der Waals surface area contributed by atoms with E-state index < -0.39 is 6.10 Å². The quantitative estimate of drug-likeness (QED) is 0.935. The van der Waals surface area contributed by atoms with E-state index in [1.807, 2.05) is 54.6 Å². The molecule has 2 nitrogen and oxygen atoms in total. The fourth-order valence-corrected chi connectivity index (χ4v) is 3.11. The molecule has 1 aliphatic carbocycles. The Hall–Kier alpha value is -2.19. The summed E-state index contributed by atoms with van der Waals surface area (Å²) in [7, 11) is 0. The van der Waals surface area contributed by atoms with E-state index in [0.717, 1.165) is 11.1 Å². The molecule has 0 aliphatic heterocycles. The van der Waals surface area contributed by atoms with Crippen LogP contribution >= 0.6 is 0 Å². The van der Waals surface area contributed by atoms with Gasteiger partial charge in [-0.1, -0.05) is 72.3 Å². The van der Waals surface area contributed by atoms with Crippen molar-refractivity contribution in [3.8, 4) is 0 Å². The molecule has 0 radical (unpaired) electrons. The molecule has 0 spiro atoms. The maximum Gasteiger partial charge on any atom is 0.143 e. The maximum atomic E-state index is 12.3. The summed E-state index contributed by atoms with van der Waals surface area (Å²) in [5.74, 6) is -0.272. The molecule has 112 valence electrons. The minimum Gasteiger partial charge on any atom is -0.392 e. The van der Waals surface area contributed by atoms with Crippen LogP contribution in [0.3, 0.4) is 0 Å². The second-order valence-electron chi connectivity index (χ2n) is 5.97. The van der Waals surface area contributed by atoms with Gasteiger partial charge in [0.25, 0.3) is 0 Å². The molecule has 3 atom stereocenters. The summed E-state index contributed by atoms with van der Waals surface area (Å²) in [4.78, 5) is 12.3. The van der Waals surface area contributed by atoms with E-state index in [0.29, 0.717) is 0 Å². The van der Waals surface area contributed by atoms with Gasteiger partial charge in [0, 0.05) is 12.3 Å². The predicted octanol–water partition coefficient (Wildman–Crippen LogP) is 3.74. The fraction of sp³-hybridized carbons (Fsp3) is 0.250. The highest BCUT2D eigenvalue weighted by Crippen LogP contribution is 2.38. The van der Waals surface area contributed by atoms with E-state index in [1.165, 1.54) is 5.56 Å². The first-order valence-electron chi connectivity index (χ1n) is 7.66. The number of benzene rings is 2. The third kappa shape index (κ3) is 3.02. The van der Waals surface area contributed by atoms with Gasteiger partial charge in [0.15, 0.2) is 0 Å². The number of carbonyl (C=O) groups excluding carboxylic acids is 1. The molecule has 0 amide bonds. The van der Waals surface area contributed by atoms with Crippen LogP contribution in [0.25, 0.3) is 6.08 Å². The zero-order valence-electron chi connectivity index (χ0n) is 12.6. The Bertz CT molecular complexity index is 671. The average molecular weight is 292 g/mol. The Morgan fingerprint density at radius 1 is 1.05 bits per heavy atom. The van der Waals surface area contributed by atoms with E-state index >= 15 is 0 Å². The second-order valence-corrected chi connectivity index (χ2v) is 5.97. The third-order valence-corrected chi connectivity index (χ3v) is 4.33. The Kier molecular flexibility index (Phi) is 4.21. The normalized spacial score (nSPS) is 25.0. The summed E-state index contributed by atoms with van der Waals surface area (Å²) in [6.45, 7) is 2.05. The summed E-state index contributed by atoms with van der Waals surface area (Å²) < 4.78 is 0. The van der Waals surface area contributed by atoms with Gasteiger partial charge in [0.1, 0.15) is 5.78 Å². The van der Waals surface area contributed by atoms with Crippen molar-refractivity contribution >= 4 is 11.9 Å². The highest BCUT2D eigenvalue weighted by atomic mass is 16.3. The molecule has 0 unspecified atom stereocenters. The summed E-state index contributed by atoms with van der Waals surface area (Å²) >= 11 is 0. The van der Waals surface area contributed by atoms with Gasteiger partial charge < -0.3 is 5.11 Å². The number of hydrogen-bond acceptors (Lipinski definition) is 2. The van der Waals surface area contributed by atoms with Crippen LogP contribution in [-0.4, -0.2) is 17.0 Å². The standard InChI is InChI=1S/C20H20O2/c1-14-7-9-15(10-8-14)11-12-17-18(21)13-19(22)20(17)16-5-3-2-4-6-16/h2-12,17-18,20-21H,13H2,1H3/b12-11+/t17-,18-,20+/m0/s1. The molecule has 1 fully saturated rings. The summed E-state index contributed by atoms with van der Waals surface area (Å²) in [6, 6.07) is 18.0. The Morgan fingerprint density at radius 2 is 1.73 bits per heavy atom. The van der Waals surface area contributed by atoms with Crippen molar-refractivity contribution in [3.05, 3.63) is 77.4 Å². The predicted molar refractivity (Wildman–Crippen MR) is 88.5 cm³/mol. The van der Waals surface area contributed by atoms with E-state index in [4.69, 9.17) is 0 Å². The first-order valence-corrected chi connectivity index (χ1v) is 7.66. The van der Waals surface area contributed by atoms with Gasteiger partial charge >= 0.3 is 0 Å². The van der Waals surface area contributed by atoms with E-state index in [-0.39, 0.29) is 24.0 Å². The van der Waals surface area contributed by atoms with Crippen LogP contribution < -0.4 is 0 Å². The maximum absolute atomic E-state index is 12.3. The zero-order valence-corrected chi connectivity index (χ0v) is 12.6. The Labute approximate surface area is 131 Å². The highest BCUT2D eigenvalue weighted by molar-refractivity contribution is 5.89. The number of ketones is 1. The first-order chi connectivity index (χ1) is 10.6. The molecule has 22 heavy (non-hydrogen) atoms. The van der Waals surface area contributed by atoms with Crippen LogP contribution in [0.15, 0.2) is 60.7 Å². The molecule has 1 N–H and O–H groups in total. The van der Waals surface area contributed by atoms with Crippen molar-refractivity contribution in [1.29, 1.82) is 0 Å². The lowest BCUT2D eigenvalue weighted by atomic mass is 9.87. The smallest absolute Gasteiger partial charge is 0.143 e. The number of aliphatic hydroxyl groups excluding tert-OH is 1. The topological polar surface area (TPSA) is 37.3 Å². The van der Waals surface area contributed by atoms with Crippen LogP contribution in [0.4, 0.5) is 0 Å². The molecule has 0 saturated heterocycles. The lowest BCUT2D eigenvalue weighted by Gasteiger charge is -2.17. The van der Waals surface area contributed by atoms with Crippen molar-refractivity contribution in [3.63, 3.8) is 0 Å². The second kappa shape index (κ2) is 6.29. The van der Waals surface area contributed by atoms with Crippen LogP contribution in [-0.2, 0) is 4.79 Å². The van der Waals surface area contributed by atoms with Gasteiger partial charge in [-0.05, 0) is 18.1 Å². The largest absolute Gasteiger partial charge is 0.392 e. The SMILES string of the molecule is Cc1ccc(/C=C/[C@@H]2[C@@H](c3ccccc3)C(=O)C[C@@H]2O)cc1. The van der Waals surface area contributed by atoms with Crippen molar-refractivity contribution < 1.29 is 9.90 Å². The van der Waals surface area contributed by atoms with Crippen LogP contribution in [0.5, 0.6) is 0 Å². The molecule has 3 rings (SSSR count). The van der Waals surface area contributed by atoms with Crippen molar-refractivity contribution in [2.45, 2.75) is 25.4 Å². The van der Waals surface area contributed by atoms with Gasteiger partial charge in [-0.25, -0.2) is 0 Å². The average Bonchev–Trinajstić information content (AvgIpc) is 2.81. The number of aliphatic hydroxyl groups is 1. The lowest BCUT2D eigenvalue weighted by molar-refractivity contribution is -0.119. The molecule has 2 heteroatoms. The fourth-order valence-electron chi connectivity index (χ4n) is 3.11. The van der Waals surface area contributed by atoms with Gasteiger partial charge in [0.2, 0.25) is 0 Å². The summed E-state index contributed by atoms with van der Waals surface area (Å²) in [6.07, 6.45) is 3.63. The monoisotopic (exact) mass is 292 g/mol. The molecule has 2 aromatic carbocycles. The van der Waals surface area contributed by atoms with Crippen LogP contribution in [0.1, 0.15) is 29.0 Å². The Balaban J connectivity index is 1.86. The van der Waals surface area contributed by atoms with Gasteiger partial charge in [0.05, 0.1) is 12.0 Å². The Morgan fingerprint density at radius 3 is 2.41 bits per heavy atom. The van der Waals surface area contributed by atoms with Crippen molar-refractivity contribution in [2.75, 3.05) is 0 Å². The van der Waals surface area contributed by atoms with Crippen LogP contribution in [0, 0.1) is 12.8 Å². The third-order valence-electron chi connectivity index (χ3n) is 4.33. The summed E-state index contributed by atoms with van der Waals surface area (Å²) in [5, 5.41) is 10.2. The van der Waals surface area contributed by atoms with E-state index in [9.17, 15) is 9.90 Å². The minimum absolute atomic E-state index is 0.122. The number of Topliss-reactive ketones (excluding diaryl/α,β-unsaturated/α-hetero) is 1. The number of hydrogen-bond donors (Lipinski definition) is 1. The highest BCUT2D eigenvalue weighted by Gasteiger charge is 2.40. The van der Waals surface area contributed by atoms with E-state index in [1.54, 1.807) is 0 Å². The van der Waals surface area contributed by atoms with Gasteiger partial charge in [-0.2, -0.15) is 0 Å². The molecular weight excluding hydrogens is 272 g/mol. The zero-order chi connectivity index (χ0) is 15.5. The molecule has 1 aliphatic rings. The van der Waals surface area contributed by atoms with Crippen LogP contribution in [0.2, 0.25) is 0 Å². The first kappa shape index (κ1) is 14.7. The lowest BCUT2D eigenvalue weighted by Crippen LogP contribution is -2.16.